The third kappa shape index (κ3) is 4.13. The van der Waals surface area contributed by atoms with Crippen LogP contribution in [0.25, 0.3) is 0 Å². The van der Waals surface area contributed by atoms with Crippen molar-refractivity contribution in [1.82, 2.24) is 20.6 Å². The Morgan fingerprint density at radius 2 is 1.74 bits per heavy atom. The molecule has 0 bridgehead atoms. The molecular weight excluding hydrogens is 344 g/mol. The minimum atomic E-state index is -0.655. The van der Waals surface area contributed by atoms with Crippen molar-refractivity contribution in [3.63, 3.8) is 0 Å². The maximum absolute atomic E-state index is 12.8. The molecule has 0 spiro atoms. The Bertz CT molecular complexity index is 811. The number of aromatic nitrogens is 2. The van der Waals surface area contributed by atoms with Crippen molar-refractivity contribution in [1.29, 1.82) is 0 Å². The number of nitrogens with zero attached hydrogens (tertiary/aromatic N) is 2. The Labute approximate surface area is 157 Å². The lowest BCUT2D eigenvalue weighted by Crippen LogP contribution is -2.35. The molecule has 2 amide bonds. The first-order valence-electron chi connectivity index (χ1n) is 8.84. The van der Waals surface area contributed by atoms with Crippen LogP contribution in [0.5, 0.6) is 0 Å². The monoisotopic (exact) mass is 366 g/mol. The highest BCUT2D eigenvalue weighted by Gasteiger charge is 2.37. The summed E-state index contributed by atoms with van der Waals surface area (Å²) in [6.07, 6.45) is 3.79. The highest BCUT2D eigenvalue weighted by molar-refractivity contribution is 6.20. The summed E-state index contributed by atoms with van der Waals surface area (Å²) >= 11 is 0. The van der Waals surface area contributed by atoms with Gasteiger partial charge in [-0.3, -0.25) is 19.6 Å². The van der Waals surface area contributed by atoms with Crippen LogP contribution in [0.1, 0.15) is 37.7 Å². The van der Waals surface area contributed by atoms with Gasteiger partial charge in [0.05, 0.1) is 17.4 Å². The SMILES string of the molecule is CC(C)CC1NC(=O)C(C(=O)NC(c2ccccn2)c2ccccn2)=C1O. The number of nitrogens with one attached hydrogen (secondary N) is 2. The minimum Gasteiger partial charge on any atom is -0.509 e. The van der Waals surface area contributed by atoms with E-state index >= 15 is 0 Å². The van der Waals surface area contributed by atoms with E-state index in [9.17, 15) is 14.7 Å². The highest BCUT2D eigenvalue weighted by Crippen LogP contribution is 2.23. The second kappa shape index (κ2) is 7.99. The van der Waals surface area contributed by atoms with E-state index in [0.717, 1.165) is 0 Å². The van der Waals surface area contributed by atoms with Crippen LogP contribution in [0.3, 0.4) is 0 Å². The van der Waals surface area contributed by atoms with Gasteiger partial charge in [-0.05, 0) is 36.6 Å². The van der Waals surface area contributed by atoms with E-state index in [0.29, 0.717) is 17.8 Å². The summed E-state index contributed by atoms with van der Waals surface area (Å²) in [4.78, 5) is 33.6. The van der Waals surface area contributed by atoms with E-state index in [1.165, 1.54) is 0 Å². The lowest BCUT2D eigenvalue weighted by atomic mass is 10.0. The average molecular weight is 366 g/mol. The first kappa shape index (κ1) is 18.6. The molecule has 0 saturated heterocycles. The molecule has 27 heavy (non-hydrogen) atoms. The van der Waals surface area contributed by atoms with Crippen molar-refractivity contribution in [2.75, 3.05) is 0 Å². The smallest absolute Gasteiger partial charge is 0.261 e. The summed E-state index contributed by atoms with van der Waals surface area (Å²) in [5, 5.41) is 15.8. The number of hydrogen-bond donors (Lipinski definition) is 3. The zero-order valence-electron chi connectivity index (χ0n) is 15.2. The molecule has 1 aliphatic rings. The van der Waals surface area contributed by atoms with E-state index in [-0.39, 0.29) is 17.3 Å². The van der Waals surface area contributed by atoms with Gasteiger partial charge in [0.2, 0.25) is 0 Å². The summed E-state index contributed by atoms with van der Waals surface area (Å²) in [7, 11) is 0. The van der Waals surface area contributed by atoms with Gasteiger partial charge in [-0.15, -0.1) is 0 Å². The van der Waals surface area contributed by atoms with Crippen LogP contribution in [0.15, 0.2) is 60.1 Å². The topological polar surface area (TPSA) is 104 Å². The maximum atomic E-state index is 12.8. The van der Waals surface area contributed by atoms with Crippen LogP contribution in [0.2, 0.25) is 0 Å². The first-order chi connectivity index (χ1) is 13.0. The van der Waals surface area contributed by atoms with Crippen LogP contribution in [0.4, 0.5) is 0 Å². The molecular formula is C20H22N4O3. The van der Waals surface area contributed by atoms with Gasteiger partial charge in [-0.1, -0.05) is 26.0 Å². The number of aliphatic hydroxyl groups is 1. The van der Waals surface area contributed by atoms with Crippen molar-refractivity contribution in [3.05, 3.63) is 71.5 Å². The predicted octanol–water partition coefficient (Wildman–Crippen LogP) is 2.04. The second-order valence-corrected chi connectivity index (χ2v) is 6.83. The summed E-state index contributed by atoms with van der Waals surface area (Å²) in [5.41, 5.74) is 0.918. The molecule has 0 saturated carbocycles. The maximum Gasteiger partial charge on any atom is 0.261 e. The van der Waals surface area contributed by atoms with Crippen LogP contribution < -0.4 is 10.6 Å². The Morgan fingerprint density at radius 1 is 1.15 bits per heavy atom. The average Bonchev–Trinajstić information content (AvgIpc) is 2.93. The summed E-state index contributed by atoms with van der Waals surface area (Å²) in [6, 6.07) is 9.52. The molecule has 1 atom stereocenters. The molecule has 7 nitrogen and oxygen atoms in total. The van der Waals surface area contributed by atoms with Crippen molar-refractivity contribution in [2.45, 2.75) is 32.4 Å². The van der Waals surface area contributed by atoms with E-state index in [4.69, 9.17) is 0 Å². The molecule has 7 heteroatoms. The Hall–Kier alpha value is -3.22. The largest absolute Gasteiger partial charge is 0.509 e. The van der Waals surface area contributed by atoms with Crippen LogP contribution in [-0.2, 0) is 9.59 Å². The van der Waals surface area contributed by atoms with E-state index in [1.54, 1.807) is 36.7 Å². The van der Waals surface area contributed by atoms with Crippen molar-refractivity contribution < 1.29 is 14.7 Å². The number of hydrogen-bond acceptors (Lipinski definition) is 5. The molecule has 2 aromatic heterocycles. The molecule has 140 valence electrons. The number of carbonyl (C=O) groups excluding carboxylic acids is 2. The molecule has 3 rings (SSSR count). The quantitative estimate of drug-likeness (QED) is 0.679. The van der Waals surface area contributed by atoms with Gasteiger partial charge in [0, 0.05) is 12.4 Å². The Kier molecular flexibility index (Phi) is 5.49. The number of aliphatic hydroxyl groups excluding tert-OH is 1. The lowest BCUT2D eigenvalue weighted by Gasteiger charge is -2.18. The molecule has 0 aromatic carbocycles. The molecule has 0 aliphatic carbocycles. The third-order valence-electron chi connectivity index (χ3n) is 4.30. The molecule has 0 fully saturated rings. The molecule has 2 aromatic rings. The van der Waals surface area contributed by atoms with Gasteiger partial charge in [0.1, 0.15) is 17.4 Å². The van der Waals surface area contributed by atoms with Crippen molar-refractivity contribution in [2.24, 2.45) is 5.92 Å². The predicted molar refractivity (Wildman–Crippen MR) is 99.5 cm³/mol. The fraction of sp³-hybridized carbons (Fsp3) is 0.300. The standard InChI is InChI=1S/C20H22N4O3/c1-12(2)11-15-18(25)16(19(26)23-15)20(27)24-17(13-7-3-5-9-21-13)14-8-4-6-10-22-14/h3-10,12,15,17,25H,11H2,1-2H3,(H,23,26)(H,24,27). The number of pyridine rings is 2. The van der Waals surface area contributed by atoms with Gasteiger partial charge in [-0.25, -0.2) is 0 Å². The Balaban J connectivity index is 1.89. The molecule has 1 aliphatic heterocycles. The lowest BCUT2D eigenvalue weighted by molar-refractivity contribution is -0.123. The number of amides is 2. The number of carbonyl (C=O) groups is 2. The summed E-state index contributed by atoms with van der Waals surface area (Å²) < 4.78 is 0. The zero-order chi connectivity index (χ0) is 19.4. The molecule has 3 heterocycles. The van der Waals surface area contributed by atoms with Gasteiger partial charge in [0.15, 0.2) is 0 Å². The summed E-state index contributed by atoms with van der Waals surface area (Å²) in [5.74, 6) is -1.18. The highest BCUT2D eigenvalue weighted by atomic mass is 16.3. The van der Waals surface area contributed by atoms with Crippen LogP contribution in [0, 0.1) is 5.92 Å². The van der Waals surface area contributed by atoms with E-state index in [1.807, 2.05) is 26.0 Å². The van der Waals surface area contributed by atoms with Gasteiger partial charge in [0.25, 0.3) is 11.8 Å². The molecule has 3 N–H and O–H groups in total. The van der Waals surface area contributed by atoms with Gasteiger partial charge < -0.3 is 15.7 Å². The Morgan fingerprint density at radius 3 is 2.22 bits per heavy atom. The van der Waals surface area contributed by atoms with Crippen LogP contribution >= 0.6 is 0 Å². The first-order valence-corrected chi connectivity index (χ1v) is 8.84. The minimum absolute atomic E-state index is 0.216. The van der Waals surface area contributed by atoms with Crippen molar-refractivity contribution >= 4 is 11.8 Å². The summed E-state index contributed by atoms with van der Waals surface area (Å²) in [6.45, 7) is 3.96. The normalized spacial score (nSPS) is 16.7. The van der Waals surface area contributed by atoms with E-state index < -0.39 is 23.9 Å². The third-order valence-corrected chi connectivity index (χ3v) is 4.30. The van der Waals surface area contributed by atoms with Crippen molar-refractivity contribution in [3.8, 4) is 0 Å². The van der Waals surface area contributed by atoms with Gasteiger partial charge >= 0.3 is 0 Å². The zero-order valence-corrected chi connectivity index (χ0v) is 15.2. The van der Waals surface area contributed by atoms with E-state index in [2.05, 4.69) is 20.6 Å². The molecule has 0 radical (unpaired) electrons. The van der Waals surface area contributed by atoms with Gasteiger partial charge in [-0.2, -0.15) is 0 Å². The second-order valence-electron chi connectivity index (χ2n) is 6.83. The van der Waals surface area contributed by atoms with Crippen LogP contribution in [-0.4, -0.2) is 32.9 Å². The number of rotatable bonds is 6. The fourth-order valence-electron chi connectivity index (χ4n) is 3.05. The molecule has 1 unspecified atom stereocenters. The fourth-order valence-corrected chi connectivity index (χ4v) is 3.05.